The molecule has 1 amide bonds. The van der Waals surface area contributed by atoms with Crippen molar-refractivity contribution in [3.63, 3.8) is 0 Å². The molecule has 1 aromatic heterocycles. The quantitative estimate of drug-likeness (QED) is 0.817. The zero-order valence-electron chi connectivity index (χ0n) is 11.8. The van der Waals surface area contributed by atoms with Crippen LogP contribution in [0, 0.1) is 0 Å². The maximum absolute atomic E-state index is 12.1. The van der Waals surface area contributed by atoms with Gasteiger partial charge >= 0.3 is 0 Å². The summed E-state index contributed by atoms with van der Waals surface area (Å²) >= 11 is 0. The fourth-order valence-electron chi connectivity index (χ4n) is 1.61. The average molecular weight is 264 g/mol. The molecule has 1 fully saturated rings. The Morgan fingerprint density at radius 3 is 2.63 bits per heavy atom. The van der Waals surface area contributed by atoms with Gasteiger partial charge in [-0.1, -0.05) is 0 Å². The minimum atomic E-state index is -0.176. The fraction of sp³-hybridized carbons (Fsp3) is 0.571. The molecule has 19 heavy (non-hydrogen) atoms. The summed E-state index contributed by atoms with van der Waals surface area (Å²) in [4.78, 5) is 17.8. The lowest BCUT2D eigenvalue weighted by atomic mass is 10.2. The number of pyridine rings is 1. The van der Waals surface area contributed by atoms with Crippen LogP contribution in [0.4, 0.5) is 0 Å². The normalized spacial score (nSPS) is 14.4. The number of aromatic nitrogens is 1. The molecule has 1 saturated carbocycles. The number of ether oxygens (including phenoxy) is 2. The largest absolute Gasteiger partial charge is 0.487 e. The first-order chi connectivity index (χ1) is 8.99. The van der Waals surface area contributed by atoms with E-state index in [9.17, 15) is 4.79 Å². The van der Waals surface area contributed by atoms with Crippen molar-refractivity contribution in [1.29, 1.82) is 0 Å². The molecule has 1 heterocycles. The van der Waals surface area contributed by atoms with Gasteiger partial charge in [0.25, 0.3) is 5.91 Å². The SMILES string of the molecule is CC(C)Oc1ccnc(C(=O)N(C)C)c1OC1CC1. The number of nitrogens with zero attached hydrogens (tertiary/aromatic N) is 2. The van der Waals surface area contributed by atoms with E-state index in [1.54, 1.807) is 26.4 Å². The summed E-state index contributed by atoms with van der Waals surface area (Å²) < 4.78 is 11.5. The molecule has 0 spiro atoms. The minimum absolute atomic E-state index is 0.0197. The molecule has 5 nitrogen and oxygen atoms in total. The Morgan fingerprint density at radius 1 is 1.42 bits per heavy atom. The Bertz CT molecular complexity index is 468. The molecular formula is C14H20N2O3. The van der Waals surface area contributed by atoms with Crippen LogP contribution in [-0.2, 0) is 0 Å². The van der Waals surface area contributed by atoms with Gasteiger partial charge in [0.05, 0.1) is 12.2 Å². The van der Waals surface area contributed by atoms with Crippen molar-refractivity contribution in [3.05, 3.63) is 18.0 Å². The van der Waals surface area contributed by atoms with Crippen molar-refractivity contribution in [2.24, 2.45) is 0 Å². The summed E-state index contributed by atoms with van der Waals surface area (Å²) in [6.45, 7) is 3.88. The highest BCUT2D eigenvalue weighted by Crippen LogP contribution is 2.36. The van der Waals surface area contributed by atoms with Gasteiger partial charge in [-0.15, -0.1) is 0 Å². The van der Waals surface area contributed by atoms with Gasteiger partial charge in [-0.2, -0.15) is 0 Å². The van der Waals surface area contributed by atoms with Gasteiger partial charge in [-0.05, 0) is 26.7 Å². The van der Waals surface area contributed by atoms with Crippen LogP contribution in [0.15, 0.2) is 12.3 Å². The van der Waals surface area contributed by atoms with Crippen LogP contribution < -0.4 is 9.47 Å². The molecule has 1 aliphatic carbocycles. The first-order valence-electron chi connectivity index (χ1n) is 6.53. The van der Waals surface area contributed by atoms with Crippen LogP contribution in [0.2, 0.25) is 0 Å². The van der Waals surface area contributed by atoms with E-state index >= 15 is 0 Å². The summed E-state index contributed by atoms with van der Waals surface area (Å²) in [5.41, 5.74) is 0.315. The fourth-order valence-corrected chi connectivity index (χ4v) is 1.61. The van der Waals surface area contributed by atoms with Crippen LogP contribution in [0.3, 0.4) is 0 Å². The Kier molecular flexibility index (Phi) is 3.93. The molecule has 0 radical (unpaired) electrons. The zero-order chi connectivity index (χ0) is 14.0. The van der Waals surface area contributed by atoms with Crippen LogP contribution in [0.5, 0.6) is 11.5 Å². The highest BCUT2D eigenvalue weighted by molar-refractivity contribution is 5.95. The number of amides is 1. The molecule has 104 valence electrons. The van der Waals surface area contributed by atoms with Gasteiger partial charge in [0.2, 0.25) is 0 Å². The molecule has 0 aromatic carbocycles. The number of rotatable bonds is 5. The van der Waals surface area contributed by atoms with Crippen molar-refractivity contribution in [2.75, 3.05) is 14.1 Å². The molecule has 1 aliphatic rings. The maximum Gasteiger partial charge on any atom is 0.275 e. The highest BCUT2D eigenvalue weighted by Gasteiger charge is 2.29. The second-order valence-corrected chi connectivity index (χ2v) is 5.17. The number of carbonyl (C=O) groups excluding carboxylic acids is 1. The second kappa shape index (κ2) is 5.47. The Balaban J connectivity index is 2.36. The Labute approximate surface area is 113 Å². The van der Waals surface area contributed by atoms with Crippen LogP contribution in [0.25, 0.3) is 0 Å². The Hall–Kier alpha value is -1.78. The van der Waals surface area contributed by atoms with E-state index in [0.717, 1.165) is 12.8 Å². The highest BCUT2D eigenvalue weighted by atomic mass is 16.5. The predicted octanol–water partition coefficient (Wildman–Crippen LogP) is 2.11. The van der Waals surface area contributed by atoms with Crippen LogP contribution in [-0.4, -0.2) is 42.1 Å². The van der Waals surface area contributed by atoms with Gasteiger partial charge < -0.3 is 14.4 Å². The summed E-state index contributed by atoms with van der Waals surface area (Å²) in [7, 11) is 3.39. The van der Waals surface area contributed by atoms with Crippen molar-refractivity contribution >= 4 is 5.91 Å². The number of carbonyl (C=O) groups is 1. The van der Waals surface area contributed by atoms with E-state index in [1.165, 1.54) is 4.90 Å². The lowest BCUT2D eigenvalue weighted by molar-refractivity contribution is 0.0814. The molecule has 0 unspecified atom stereocenters. The second-order valence-electron chi connectivity index (χ2n) is 5.17. The Morgan fingerprint density at radius 2 is 2.11 bits per heavy atom. The van der Waals surface area contributed by atoms with Crippen molar-refractivity contribution in [1.82, 2.24) is 9.88 Å². The third kappa shape index (κ3) is 3.36. The van der Waals surface area contributed by atoms with Gasteiger partial charge in [0, 0.05) is 26.4 Å². The minimum Gasteiger partial charge on any atom is -0.487 e. The predicted molar refractivity (Wildman–Crippen MR) is 71.7 cm³/mol. The van der Waals surface area contributed by atoms with Gasteiger partial charge in [0.1, 0.15) is 0 Å². The standard InChI is InChI=1S/C14H20N2O3/c1-9(2)18-11-7-8-15-12(14(17)16(3)4)13(11)19-10-5-6-10/h7-10H,5-6H2,1-4H3. The molecule has 5 heteroatoms. The zero-order valence-corrected chi connectivity index (χ0v) is 11.8. The van der Waals surface area contributed by atoms with Gasteiger partial charge in [0.15, 0.2) is 17.2 Å². The third-order valence-corrected chi connectivity index (χ3v) is 2.65. The van der Waals surface area contributed by atoms with Crippen LogP contribution >= 0.6 is 0 Å². The average Bonchev–Trinajstić information content (AvgIpc) is 3.13. The molecule has 0 N–H and O–H groups in total. The number of hydrogen-bond donors (Lipinski definition) is 0. The van der Waals surface area contributed by atoms with E-state index in [0.29, 0.717) is 17.2 Å². The topological polar surface area (TPSA) is 51.7 Å². The third-order valence-electron chi connectivity index (χ3n) is 2.65. The van der Waals surface area contributed by atoms with Gasteiger partial charge in [-0.25, -0.2) is 4.98 Å². The van der Waals surface area contributed by atoms with Crippen molar-refractivity contribution in [3.8, 4) is 11.5 Å². The smallest absolute Gasteiger partial charge is 0.275 e. The molecule has 0 atom stereocenters. The first kappa shape index (κ1) is 13.6. The molecule has 0 saturated heterocycles. The summed E-state index contributed by atoms with van der Waals surface area (Å²) in [6, 6.07) is 1.74. The lowest BCUT2D eigenvalue weighted by Crippen LogP contribution is -2.24. The molecule has 0 bridgehead atoms. The number of hydrogen-bond acceptors (Lipinski definition) is 4. The van der Waals surface area contributed by atoms with E-state index in [-0.39, 0.29) is 18.1 Å². The van der Waals surface area contributed by atoms with Crippen molar-refractivity contribution < 1.29 is 14.3 Å². The lowest BCUT2D eigenvalue weighted by Gasteiger charge is -2.18. The molecular weight excluding hydrogens is 244 g/mol. The van der Waals surface area contributed by atoms with Crippen LogP contribution in [0.1, 0.15) is 37.2 Å². The van der Waals surface area contributed by atoms with Gasteiger partial charge in [-0.3, -0.25) is 4.79 Å². The molecule has 1 aromatic rings. The van der Waals surface area contributed by atoms with E-state index in [2.05, 4.69) is 4.98 Å². The monoisotopic (exact) mass is 264 g/mol. The summed E-state index contributed by atoms with van der Waals surface area (Å²) in [5.74, 6) is 0.879. The first-order valence-corrected chi connectivity index (χ1v) is 6.53. The maximum atomic E-state index is 12.1. The van der Waals surface area contributed by atoms with Crippen molar-refractivity contribution in [2.45, 2.75) is 38.9 Å². The summed E-state index contributed by atoms with van der Waals surface area (Å²) in [6.07, 6.45) is 3.82. The van der Waals surface area contributed by atoms with E-state index < -0.39 is 0 Å². The van der Waals surface area contributed by atoms with E-state index in [1.807, 2.05) is 13.8 Å². The van der Waals surface area contributed by atoms with E-state index in [4.69, 9.17) is 9.47 Å². The summed E-state index contributed by atoms with van der Waals surface area (Å²) in [5, 5.41) is 0. The molecule has 0 aliphatic heterocycles. The molecule has 2 rings (SSSR count).